The number of ether oxygens (including phenoxy) is 2. The second-order valence-corrected chi connectivity index (χ2v) is 6.34. The molecule has 0 amide bonds. The van der Waals surface area contributed by atoms with Crippen molar-refractivity contribution in [3.8, 4) is 33.7 Å². The van der Waals surface area contributed by atoms with Crippen molar-refractivity contribution in [2.24, 2.45) is 0 Å². The highest BCUT2D eigenvalue weighted by atomic mass is 32.1. The fourth-order valence-corrected chi connectivity index (χ4v) is 3.09. The van der Waals surface area contributed by atoms with E-state index in [0.717, 1.165) is 9.56 Å². The maximum Gasteiger partial charge on any atom is 0.437 e. The van der Waals surface area contributed by atoms with Crippen molar-refractivity contribution >= 4 is 11.3 Å². The first-order valence-electron chi connectivity index (χ1n) is 7.84. The van der Waals surface area contributed by atoms with Crippen molar-refractivity contribution in [1.29, 1.82) is 0 Å². The largest absolute Gasteiger partial charge is 0.493 e. The molecule has 0 radical (unpaired) electrons. The van der Waals surface area contributed by atoms with E-state index in [4.69, 9.17) is 18.4 Å². The highest BCUT2D eigenvalue weighted by molar-refractivity contribution is 7.13. The number of hydrogen-bond acceptors (Lipinski definition) is 9. The van der Waals surface area contributed by atoms with Gasteiger partial charge >= 0.3 is 5.76 Å². The van der Waals surface area contributed by atoms with Crippen molar-refractivity contribution in [2.75, 3.05) is 14.2 Å². The molecule has 10 heteroatoms. The second kappa shape index (κ2) is 7.08. The van der Waals surface area contributed by atoms with E-state index >= 15 is 0 Å². The molecule has 3 aromatic heterocycles. The van der Waals surface area contributed by atoms with E-state index in [2.05, 4.69) is 15.2 Å². The topological polar surface area (TPSA) is 105 Å². The fourth-order valence-electron chi connectivity index (χ4n) is 2.45. The van der Waals surface area contributed by atoms with E-state index in [0.29, 0.717) is 22.9 Å². The van der Waals surface area contributed by atoms with Crippen molar-refractivity contribution < 1.29 is 18.4 Å². The van der Waals surface area contributed by atoms with E-state index in [-0.39, 0.29) is 18.3 Å². The average Bonchev–Trinajstić information content (AvgIpc) is 3.43. The smallest absolute Gasteiger partial charge is 0.437 e. The van der Waals surface area contributed by atoms with Crippen LogP contribution in [0.1, 0.15) is 5.89 Å². The van der Waals surface area contributed by atoms with Gasteiger partial charge in [0.25, 0.3) is 5.89 Å². The highest BCUT2D eigenvalue weighted by Crippen LogP contribution is 2.31. The number of rotatable bonds is 6. The van der Waals surface area contributed by atoms with Crippen LogP contribution in [0, 0.1) is 0 Å². The summed E-state index contributed by atoms with van der Waals surface area (Å²) in [5, 5.41) is 9.99. The van der Waals surface area contributed by atoms with E-state index in [1.807, 2.05) is 17.5 Å². The Hall–Kier alpha value is -3.40. The Morgan fingerprint density at radius 3 is 2.78 bits per heavy atom. The molecule has 138 valence electrons. The van der Waals surface area contributed by atoms with Crippen LogP contribution in [0.4, 0.5) is 0 Å². The summed E-state index contributed by atoms with van der Waals surface area (Å²) in [7, 11) is 3.11. The fraction of sp³-hybridized carbons (Fsp3) is 0.176. The number of benzene rings is 1. The standard InChI is InChI=1S/C17H14N4O5S/c1-23-11-6-5-10(8-12(11)24-2)15-18-14(26-20-15)9-21-17(22)25-16(19-21)13-4-3-7-27-13/h3-8H,9H2,1-2H3. The lowest BCUT2D eigenvalue weighted by Gasteiger charge is -2.07. The van der Waals surface area contributed by atoms with Gasteiger partial charge in [-0.3, -0.25) is 0 Å². The molecule has 9 nitrogen and oxygen atoms in total. The van der Waals surface area contributed by atoms with Crippen LogP contribution in [0.2, 0.25) is 0 Å². The summed E-state index contributed by atoms with van der Waals surface area (Å²) < 4.78 is 22.0. The zero-order chi connectivity index (χ0) is 18.8. The summed E-state index contributed by atoms with van der Waals surface area (Å²) >= 11 is 1.43. The molecule has 0 spiro atoms. The van der Waals surface area contributed by atoms with Crippen LogP contribution >= 0.6 is 11.3 Å². The Bertz CT molecular complexity index is 1110. The SMILES string of the molecule is COc1ccc(-c2noc(Cn3nc(-c4cccs4)oc3=O)n2)cc1OC. The zero-order valence-corrected chi connectivity index (χ0v) is 15.2. The zero-order valence-electron chi connectivity index (χ0n) is 14.4. The molecule has 1 aromatic carbocycles. The Balaban J connectivity index is 1.58. The molecule has 0 aliphatic rings. The number of thiophene rings is 1. The monoisotopic (exact) mass is 386 g/mol. The van der Waals surface area contributed by atoms with Crippen molar-refractivity contribution in [3.63, 3.8) is 0 Å². The number of hydrogen-bond donors (Lipinski definition) is 0. The molecule has 0 aliphatic heterocycles. The van der Waals surface area contributed by atoms with Crippen molar-refractivity contribution in [1.82, 2.24) is 19.9 Å². The van der Waals surface area contributed by atoms with Crippen molar-refractivity contribution in [3.05, 3.63) is 52.2 Å². The lowest BCUT2D eigenvalue weighted by atomic mass is 10.2. The third-order valence-corrected chi connectivity index (χ3v) is 4.59. The minimum Gasteiger partial charge on any atom is -0.493 e. The molecular formula is C17H14N4O5S. The summed E-state index contributed by atoms with van der Waals surface area (Å²) in [4.78, 5) is 17.1. The molecule has 0 N–H and O–H groups in total. The third-order valence-electron chi connectivity index (χ3n) is 3.73. The third kappa shape index (κ3) is 3.34. The van der Waals surface area contributed by atoms with E-state index in [1.54, 1.807) is 32.4 Å². The van der Waals surface area contributed by atoms with Crippen LogP contribution in [0.15, 0.2) is 49.4 Å². The summed E-state index contributed by atoms with van der Waals surface area (Å²) in [6.45, 7) is 0.00793. The normalized spacial score (nSPS) is 10.9. The van der Waals surface area contributed by atoms with E-state index in [1.165, 1.54) is 11.3 Å². The van der Waals surface area contributed by atoms with Crippen LogP contribution in [0.3, 0.4) is 0 Å². The first kappa shape index (κ1) is 17.0. The van der Waals surface area contributed by atoms with Gasteiger partial charge in [-0.2, -0.15) is 9.67 Å². The van der Waals surface area contributed by atoms with Gasteiger partial charge in [-0.15, -0.1) is 16.4 Å². The van der Waals surface area contributed by atoms with E-state index < -0.39 is 5.76 Å². The molecule has 3 heterocycles. The molecule has 0 fully saturated rings. The molecule has 4 aromatic rings. The molecule has 0 saturated heterocycles. The van der Waals surface area contributed by atoms with Crippen LogP contribution < -0.4 is 15.2 Å². The predicted molar refractivity (Wildman–Crippen MR) is 96.0 cm³/mol. The van der Waals surface area contributed by atoms with Crippen LogP contribution in [0.25, 0.3) is 22.2 Å². The molecule has 0 unspecified atom stereocenters. The van der Waals surface area contributed by atoms with Crippen LogP contribution in [-0.2, 0) is 6.54 Å². The Kier molecular flexibility index (Phi) is 4.47. The quantitative estimate of drug-likeness (QED) is 0.498. The summed E-state index contributed by atoms with van der Waals surface area (Å²) in [5.74, 6) is 1.41. The number of nitrogens with zero attached hydrogens (tertiary/aromatic N) is 4. The molecule has 0 saturated carbocycles. The van der Waals surface area contributed by atoms with E-state index in [9.17, 15) is 4.79 Å². The molecule has 0 atom stereocenters. The van der Waals surface area contributed by atoms with Gasteiger partial charge in [0.15, 0.2) is 11.5 Å². The van der Waals surface area contributed by atoms with Gasteiger partial charge in [0.1, 0.15) is 6.54 Å². The minimum absolute atomic E-state index is 0.00793. The van der Waals surface area contributed by atoms with Crippen molar-refractivity contribution in [2.45, 2.75) is 6.54 Å². The lowest BCUT2D eigenvalue weighted by molar-refractivity contribution is 0.354. The minimum atomic E-state index is -0.593. The first-order valence-corrected chi connectivity index (χ1v) is 8.72. The number of methoxy groups -OCH3 is 2. The molecule has 4 rings (SSSR count). The maximum absolute atomic E-state index is 12.0. The van der Waals surface area contributed by atoms with Gasteiger partial charge in [-0.05, 0) is 29.6 Å². The predicted octanol–water partition coefficient (Wildman–Crippen LogP) is 2.68. The van der Waals surface area contributed by atoms with Gasteiger partial charge in [-0.1, -0.05) is 11.2 Å². The molecule has 0 aliphatic carbocycles. The average molecular weight is 386 g/mol. The lowest BCUT2D eigenvalue weighted by Crippen LogP contribution is -2.16. The summed E-state index contributed by atoms with van der Waals surface area (Å²) in [6, 6.07) is 8.95. The first-order chi connectivity index (χ1) is 13.2. The Labute approximate surface area is 156 Å². The Morgan fingerprint density at radius 2 is 2.04 bits per heavy atom. The molecular weight excluding hydrogens is 372 g/mol. The second-order valence-electron chi connectivity index (χ2n) is 5.39. The van der Waals surface area contributed by atoms with Gasteiger partial charge < -0.3 is 18.4 Å². The maximum atomic E-state index is 12.0. The number of aromatic nitrogens is 4. The van der Waals surface area contributed by atoms with Gasteiger partial charge in [0, 0.05) is 5.56 Å². The van der Waals surface area contributed by atoms with Gasteiger partial charge in [0.05, 0.1) is 19.1 Å². The van der Waals surface area contributed by atoms with Crippen LogP contribution in [0.5, 0.6) is 11.5 Å². The summed E-state index contributed by atoms with van der Waals surface area (Å²) in [5.41, 5.74) is 0.689. The van der Waals surface area contributed by atoms with Gasteiger partial charge in [-0.25, -0.2) is 4.79 Å². The summed E-state index contributed by atoms with van der Waals surface area (Å²) in [6.07, 6.45) is 0. The molecule has 27 heavy (non-hydrogen) atoms. The van der Waals surface area contributed by atoms with Crippen LogP contribution in [-0.4, -0.2) is 34.1 Å². The highest BCUT2D eigenvalue weighted by Gasteiger charge is 2.16. The van der Waals surface area contributed by atoms with Gasteiger partial charge in [0.2, 0.25) is 11.7 Å². The Morgan fingerprint density at radius 1 is 1.19 bits per heavy atom. The molecule has 0 bridgehead atoms.